The molecule has 0 amide bonds. The average molecular weight is 409 g/mol. The zero-order valence-electron chi connectivity index (χ0n) is 16.0. The molecule has 0 spiro atoms. The number of carbonyl (C=O) groups is 2. The summed E-state index contributed by atoms with van der Waals surface area (Å²) in [5.41, 5.74) is 8.64. The highest BCUT2D eigenvalue weighted by molar-refractivity contribution is 6.31. The highest BCUT2D eigenvalue weighted by Gasteiger charge is 2.36. The van der Waals surface area contributed by atoms with Gasteiger partial charge >= 0.3 is 5.97 Å². The Labute approximate surface area is 169 Å². The van der Waals surface area contributed by atoms with Crippen LogP contribution in [0.1, 0.15) is 25.3 Å². The van der Waals surface area contributed by atoms with Crippen molar-refractivity contribution in [2.75, 3.05) is 33.0 Å². The van der Waals surface area contributed by atoms with Gasteiger partial charge < -0.3 is 25.3 Å². The summed E-state index contributed by atoms with van der Waals surface area (Å²) < 4.78 is 15.9. The van der Waals surface area contributed by atoms with Gasteiger partial charge in [-0.15, -0.1) is 0 Å². The number of nitrogens with one attached hydrogen (secondary N) is 1. The lowest BCUT2D eigenvalue weighted by molar-refractivity contribution is -0.139. The topological polar surface area (TPSA) is 99.9 Å². The molecule has 7 nitrogen and oxygen atoms in total. The number of carbonyl (C=O) groups excluding carboxylic acids is 2. The molecule has 0 aromatic heterocycles. The zero-order valence-corrected chi connectivity index (χ0v) is 16.8. The smallest absolute Gasteiger partial charge is 0.336 e. The summed E-state index contributed by atoms with van der Waals surface area (Å²) in [4.78, 5) is 23.7. The molecule has 0 saturated heterocycles. The molecule has 1 heterocycles. The van der Waals surface area contributed by atoms with Crippen molar-refractivity contribution in [3.8, 4) is 0 Å². The molecule has 1 aromatic carbocycles. The molecule has 1 aromatic rings. The molecule has 0 bridgehead atoms. The van der Waals surface area contributed by atoms with Gasteiger partial charge in [-0.1, -0.05) is 29.8 Å². The summed E-state index contributed by atoms with van der Waals surface area (Å²) >= 11 is 6.45. The molecule has 8 heteroatoms. The van der Waals surface area contributed by atoms with Crippen LogP contribution in [-0.2, 0) is 23.8 Å². The van der Waals surface area contributed by atoms with Crippen molar-refractivity contribution >= 4 is 24.0 Å². The minimum atomic E-state index is -0.537. The summed E-state index contributed by atoms with van der Waals surface area (Å²) in [5.74, 6) is -1.02. The molecule has 0 aliphatic carbocycles. The first-order valence-corrected chi connectivity index (χ1v) is 9.37. The van der Waals surface area contributed by atoms with E-state index in [2.05, 4.69) is 5.32 Å². The lowest BCUT2D eigenvalue weighted by Gasteiger charge is -2.32. The number of esters is 1. The number of allylic oxidation sites excluding steroid dienone is 1. The highest BCUT2D eigenvalue weighted by atomic mass is 35.5. The summed E-state index contributed by atoms with van der Waals surface area (Å²) in [6.07, 6.45) is 0. The van der Waals surface area contributed by atoms with Crippen LogP contribution < -0.4 is 11.1 Å². The molecule has 3 N–H and O–H groups in total. The standard InChI is InChI=1S/C20H25ClN2O5/c1-3-28-20(25)19-17(11-26-9-8-22)23-13(2)15(10-27-12-24)18(19)14-6-4-5-7-16(14)21/h4-7,12,18,23H,3,8-11,22H2,1-2H3. The molecule has 1 aliphatic heterocycles. The first-order valence-electron chi connectivity index (χ1n) is 8.99. The van der Waals surface area contributed by atoms with Gasteiger partial charge in [-0.05, 0) is 31.1 Å². The van der Waals surface area contributed by atoms with Crippen LogP contribution in [0.4, 0.5) is 0 Å². The quantitative estimate of drug-likeness (QED) is 0.348. The van der Waals surface area contributed by atoms with E-state index in [9.17, 15) is 9.59 Å². The Morgan fingerprint density at radius 2 is 2.07 bits per heavy atom. The number of benzene rings is 1. The lowest BCUT2D eigenvalue weighted by Crippen LogP contribution is -2.33. The molecule has 0 radical (unpaired) electrons. The van der Waals surface area contributed by atoms with Gasteiger partial charge in [0.05, 0.1) is 31.1 Å². The van der Waals surface area contributed by atoms with Crippen molar-refractivity contribution in [1.29, 1.82) is 0 Å². The third kappa shape index (κ3) is 5.13. The van der Waals surface area contributed by atoms with Gasteiger partial charge in [-0.25, -0.2) is 4.79 Å². The second kappa shape index (κ2) is 10.8. The molecule has 1 atom stereocenters. The van der Waals surface area contributed by atoms with Gasteiger partial charge in [0.2, 0.25) is 0 Å². The Bertz CT molecular complexity index is 776. The number of rotatable bonds is 10. The maximum Gasteiger partial charge on any atom is 0.336 e. The van der Waals surface area contributed by atoms with Crippen LogP contribution in [0, 0.1) is 0 Å². The first kappa shape index (κ1) is 21.9. The summed E-state index contributed by atoms with van der Waals surface area (Å²) in [6.45, 7) is 5.06. The molecular formula is C20H25ClN2O5. The number of hydrogen-bond acceptors (Lipinski definition) is 7. The van der Waals surface area contributed by atoms with Crippen molar-refractivity contribution in [2.45, 2.75) is 19.8 Å². The van der Waals surface area contributed by atoms with Crippen LogP contribution in [0.3, 0.4) is 0 Å². The Morgan fingerprint density at radius 3 is 2.71 bits per heavy atom. The average Bonchev–Trinajstić information content (AvgIpc) is 2.67. The molecule has 1 aliphatic rings. The third-order valence-corrected chi connectivity index (χ3v) is 4.65. The predicted octanol–water partition coefficient (Wildman–Crippen LogP) is 2.27. The van der Waals surface area contributed by atoms with Gasteiger partial charge in [-0.2, -0.15) is 0 Å². The fourth-order valence-electron chi connectivity index (χ4n) is 3.13. The van der Waals surface area contributed by atoms with Gasteiger partial charge in [0.1, 0.15) is 6.61 Å². The molecule has 28 heavy (non-hydrogen) atoms. The Hall–Kier alpha value is -2.35. The zero-order chi connectivity index (χ0) is 20.5. The monoisotopic (exact) mass is 408 g/mol. The van der Waals surface area contributed by atoms with Crippen LogP contribution in [0.25, 0.3) is 0 Å². The maximum absolute atomic E-state index is 12.9. The van der Waals surface area contributed by atoms with E-state index in [1.165, 1.54) is 0 Å². The largest absolute Gasteiger partial charge is 0.463 e. The fraction of sp³-hybridized carbons (Fsp3) is 0.400. The van der Waals surface area contributed by atoms with Crippen LogP contribution >= 0.6 is 11.6 Å². The van der Waals surface area contributed by atoms with Gasteiger partial charge in [0.25, 0.3) is 6.47 Å². The third-order valence-electron chi connectivity index (χ3n) is 4.31. The molecular weight excluding hydrogens is 384 g/mol. The second-order valence-corrected chi connectivity index (χ2v) is 6.50. The van der Waals surface area contributed by atoms with Crippen LogP contribution in [0.2, 0.25) is 5.02 Å². The van der Waals surface area contributed by atoms with Crippen molar-refractivity contribution in [1.82, 2.24) is 5.32 Å². The Kier molecular flexibility index (Phi) is 8.50. The normalized spacial score (nSPS) is 16.6. The van der Waals surface area contributed by atoms with E-state index >= 15 is 0 Å². The van der Waals surface area contributed by atoms with E-state index in [0.29, 0.717) is 47.1 Å². The van der Waals surface area contributed by atoms with E-state index < -0.39 is 11.9 Å². The van der Waals surface area contributed by atoms with Crippen LogP contribution in [0.15, 0.2) is 46.8 Å². The first-order chi connectivity index (χ1) is 13.5. The van der Waals surface area contributed by atoms with Crippen molar-refractivity contribution < 1.29 is 23.8 Å². The number of hydrogen-bond donors (Lipinski definition) is 2. The van der Waals surface area contributed by atoms with Crippen molar-refractivity contribution in [3.63, 3.8) is 0 Å². The van der Waals surface area contributed by atoms with E-state index in [-0.39, 0.29) is 19.8 Å². The second-order valence-electron chi connectivity index (χ2n) is 6.09. The maximum atomic E-state index is 12.9. The molecule has 0 saturated carbocycles. The molecule has 2 rings (SSSR count). The van der Waals surface area contributed by atoms with E-state index in [1.54, 1.807) is 13.0 Å². The number of ether oxygens (including phenoxy) is 3. The van der Waals surface area contributed by atoms with Crippen molar-refractivity contribution in [3.05, 3.63) is 57.4 Å². The molecule has 152 valence electrons. The van der Waals surface area contributed by atoms with Crippen LogP contribution in [-0.4, -0.2) is 45.4 Å². The van der Waals surface area contributed by atoms with Gasteiger partial charge in [-0.3, -0.25) is 4.79 Å². The van der Waals surface area contributed by atoms with E-state index in [0.717, 1.165) is 5.70 Å². The number of dihydropyridines is 1. The minimum Gasteiger partial charge on any atom is -0.463 e. The Balaban J connectivity index is 2.60. The van der Waals surface area contributed by atoms with E-state index in [1.807, 2.05) is 25.1 Å². The summed E-state index contributed by atoms with van der Waals surface area (Å²) in [6, 6.07) is 7.23. The minimum absolute atomic E-state index is 0.0120. The van der Waals surface area contributed by atoms with E-state index in [4.69, 9.17) is 31.5 Å². The molecule has 0 fully saturated rings. The summed E-state index contributed by atoms with van der Waals surface area (Å²) in [7, 11) is 0. The summed E-state index contributed by atoms with van der Waals surface area (Å²) in [5, 5.41) is 3.69. The number of halogens is 1. The number of nitrogens with two attached hydrogens (primary N) is 1. The highest BCUT2D eigenvalue weighted by Crippen LogP contribution is 2.41. The SMILES string of the molecule is CCOC(=O)C1=C(COCCN)NC(C)=C(COC=O)C1c1ccccc1Cl. The fourth-order valence-corrected chi connectivity index (χ4v) is 3.37. The van der Waals surface area contributed by atoms with Gasteiger partial charge in [0.15, 0.2) is 0 Å². The van der Waals surface area contributed by atoms with Crippen LogP contribution in [0.5, 0.6) is 0 Å². The van der Waals surface area contributed by atoms with Gasteiger partial charge in [0, 0.05) is 23.2 Å². The van der Waals surface area contributed by atoms with Crippen molar-refractivity contribution in [2.24, 2.45) is 5.73 Å². The predicted molar refractivity (Wildman–Crippen MR) is 106 cm³/mol. The molecule has 1 unspecified atom stereocenters. The lowest BCUT2D eigenvalue weighted by atomic mass is 9.80. The Morgan fingerprint density at radius 1 is 1.32 bits per heavy atom.